The van der Waals surface area contributed by atoms with Gasteiger partial charge in [-0.15, -0.1) is 0 Å². The number of hydrogen-bond acceptors (Lipinski definition) is 4. The van der Waals surface area contributed by atoms with Gasteiger partial charge in [0.15, 0.2) is 0 Å². The van der Waals surface area contributed by atoms with Gasteiger partial charge < -0.3 is 14.6 Å². The van der Waals surface area contributed by atoms with Crippen molar-refractivity contribution in [2.75, 3.05) is 12.4 Å². The number of nitrogens with zero attached hydrogens (tertiary/aromatic N) is 1. The van der Waals surface area contributed by atoms with E-state index in [1.807, 2.05) is 12.1 Å². The molecule has 0 aliphatic rings. The molecule has 0 bridgehead atoms. The predicted molar refractivity (Wildman–Crippen MR) is 99.9 cm³/mol. The molecule has 0 atom stereocenters. The maximum absolute atomic E-state index is 12.3. The van der Waals surface area contributed by atoms with Gasteiger partial charge in [0.1, 0.15) is 17.2 Å². The summed E-state index contributed by atoms with van der Waals surface area (Å²) >= 11 is 6.01. The maximum atomic E-state index is 12.3. The summed E-state index contributed by atoms with van der Waals surface area (Å²) in [6.07, 6.45) is 1.78. The van der Waals surface area contributed by atoms with Crippen LogP contribution in [0, 0.1) is 0 Å². The second kappa shape index (κ2) is 6.99. The van der Waals surface area contributed by atoms with Gasteiger partial charge in [0.25, 0.3) is 0 Å². The number of nitrogens with one attached hydrogen (secondary N) is 1. The minimum absolute atomic E-state index is 0.0422. The Morgan fingerprint density at radius 2 is 2.00 bits per heavy atom. The number of carbonyl (C=O) groups is 1. The molecule has 136 valence electrons. The molecule has 0 aliphatic heterocycles. The highest BCUT2D eigenvalue weighted by atomic mass is 35.5. The largest absolute Gasteiger partial charge is 0.495 e. The SMILES string of the molecule is COc1ccc(NC(=O)Cn2ccc3ccc(Cl)cc32)cc1S(N)(=O)=O. The van der Waals surface area contributed by atoms with E-state index in [0.29, 0.717) is 10.7 Å². The highest BCUT2D eigenvalue weighted by Crippen LogP contribution is 2.26. The number of nitrogens with two attached hydrogens (primary N) is 1. The van der Waals surface area contributed by atoms with Gasteiger partial charge in [-0.05, 0) is 41.8 Å². The summed E-state index contributed by atoms with van der Waals surface area (Å²) in [6.45, 7) is 0.0422. The lowest BCUT2D eigenvalue weighted by Crippen LogP contribution is -2.19. The molecule has 1 amide bonds. The third-order valence-electron chi connectivity index (χ3n) is 3.80. The van der Waals surface area contributed by atoms with Gasteiger partial charge in [-0.3, -0.25) is 4.79 Å². The predicted octanol–water partition coefficient (Wildman–Crippen LogP) is 2.59. The van der Waals surface area contributed by atoms with Crippen LogP contribution in [0.2, 0.25) is 5.02 Å². The number of aromatic nitrogens is 1. The molecule has 0 fully saturated rings. The first-order chi connectivity index (χ1) is 12.3. The van der Waals surface area contributed by atoms with Crippen molar-refractivity contribution in [1.82, 2.24) is 4.57 Å². The summed E-state index contributed by atoms with van der Waals surface area (Å²) in [4.78, 5) is 12.1. The minimum atomic E-state index is -3.98. The zero-order valence-corrected chi connectivity index (χ0v) is 15.3. The van der Waals surface area contributed by atoms with Crippen molar-refractivity contribution in [3.05, 3.63) is 53.7 Å². The number of sulfonamides is 1. The molecule has 0 radical (unpaired) electrons. The molecule has 0 spiro atoms. The maximum Gasteiger partial charge on any atom is 0.244 e. The van der Waals surface area contributed by atoms with Crippen molar-refractivity contribution in [3.63, 3.8) is 0 Å². The summed E-state index contributed by atoms with van der Waals surface area (Å²) in [5.41, 5.74) is 1.13. The van der Waals surface area contributed by atoms with E-state index in [1.165, 1.54) is 25.3 Å². The van der Waals surface area contributed by atoms with E-state index in [2.05, 4.69) is 5.32 Å². The van der Waals surface area contributed by atoms with Crippen molar-refractivity contribution in [2.45, 2.75) is 11.4 Å². The number of rotatable bonds is 5. The highest BCUT2D eigenvalue weighted by Gasteiger charge is 2.16. The Morgan fingerprint density at radius 1 is 1.23 bits per heavy atom. The summed E-state index contributed by atoms with van der Waals surface area (Å²) in [7, 11) is -2.65. The number of halogens is 1. The molecule has 1 heterocycles. The van der Waals surface area contributed by atoms with Crippen molar-refractivity contribution < 1.29 is 17.9 Å². The standard InChI is InChI=1S/C17H16ClN3O4S/c1-25-15-5-4-13(9-16(15)26(19,23)24)20-17(22)10-21-7-6-11-2-3-12(18)8-14(11)21/h2-9H,10H2,1H3,(H,20,22)(H2,19,23,24). The van der Waals surface area contributed by atoms with Crippen molar-refractivity contribution in [3.8, 4) is 5.75 Å². The Bertz CT molecular complexity index is 1090. The molecular weight excluding hydrogens is 378 g/mol. The molecule has 7 nitrogen and oxygen atoms in total. The third-order valence-corrected chi connectivity index (χ3v) is 4.97. The quantitative estimate of drug-likeness (QED) is 0.695. The van der Waals surface area contributed by atoms with Crippen LogP contribution in [0.3, 0.4) is 0 Å². The van der Waals surface area contributed by atoms with E-state index < -0.39 is 10.0 Å². The van der Waals surface area contributed by atoms with Crippen molar-refractivity contribution >= 4 is 44.1 Å². The number of amides is 1. The molecule has 3 rings (SSSR count). The van der Waals surface area contributed by atoms with Gasteiger partial charge >= 0.3 is 0 Å². The van der Waals surface area contributed by atoms with E-state index in [9.17, 15) is 13.2 Å². The molecular formula is C17H16ClN3O4S. The molecule has 0 aliphatic carbocycles. The molecule has 0 saturated carbocycles. The lowest BCUT2D eigenvalue weighted by Gasteiger charge is -2.11. The average Bonchev–Trinajstić information content (AvgIpc) is 2.96. The first kappa shape index (κ1) is 18.2. The van der Waals surface area contributed by atoms with Crippen LogP contribution in [0.4, 0.5) is 5.69 Å². The van der Waals surface area contributed by atoms with Crippen LogP contribution in [-0.2, 0) is 21.4 Å². The fraction of sp³-hybridized carbons (Fsp3) is 0.118. The topological polar surface area (TPSA) is 103 Å². The molecule has 2 aromatic carbocycles. The minimum Gasteiger partial charge on any atom is -0.495 e. The molecule has 3 aromatic rings. The zero-order chi connectivity index (χ0) is 18.9. The van der Waals surface area contributed by atoms with Crippen LogP contribution in [0.15, 0.2) is 53.6 Å². The van der Waals surface area contributed by atoms with E-state index in [0.717, 1.165) is 10.9 Å². The summed E-state index contributed by atoms with van der Waals surface area (Å²) < 4.78 is 30.0. The van der Waals surface area contributed by atoms with Crippen LogP contribution < -0.4 is 15.2 Å². The number of primary sulfonamides is 1. The molecule has 1 aromatic heterocycles. The van der Waals surface area contributed by atoms with E-state index in [4.69, 9.17) is 21.5 Å². The van der Waals surface area contributed by atoms with E-state index in [-0.39, 0.29) is 23.1 Å². The number of benzene rings is 2. The number of anilines is 1. The number of methoxy groups -OCH3 is 1. The monoisotopic (exact) mass is 393 g/mol. The van der Waals surface area contributed by atoms with Gasteiger partial charge in [0.2, 0.25) is 15.9 Å². The first-order valence-electron chi connectivity index (χ1n) is 7.53. The molecule has 9 heteroatoms. The summed E-state index contributed by atoms with van der Waals surface area (Å²) in [5, 5.41) is 9.37. The van der Waals surface area contributed by atoms with Gasteiger partial charge in [0.05, 0.1) is 7.11 Å². The van der Waals surface area contributed by atoms with Gasteiger partial charge in [-0.25, -0.2) is 13.6 Å². The lowest BCUT2D eigenvalue weighted by molar-refractivity contribution is -0.116. The average molecular weight is 394 g/mol. The van der Waals surface area contributed by atoms with Crippen LogP contribution >= 0.6 is 11.6 Å². The van der Waals surface area contributed by atoms with Gasteiger partial charge in [-0.1, -0.05) is 17.7 Å². The third kappa shape index (κ3) is 3.82. The van der Waals surface area contributed by atoms with Crippen molar-refractivity contribution in [2.24, 2.45) is 5.14 Å². The number of fused-ring (bicyclic) bond motifs is 1. The highest BCUT2D eigenvalue weighted by molar-refractivity contribution is 7.89. The Balaban J connectivity index is 1.83. The Hall–Kier alpha value is -2.55. The van der Waals surface area contributed by atoms with Gasteiger partial charge in [-0.2, -0.15) is 0 Å². The van der Waals surface area contributed by atoms with Gasteiger partial charge in [0, 0.05) is 22.4 Å². The second-order valence-electron chi connectivity index (χ2n) is 5.61. The van der Waals surface area contributed by atoms with Crippen LogP contribution in [0.1, 0.15) is 0 Å². The second-order valence-corrected chi connectivity index (χ2v) is 7.57. The summed E-state index contributed by atoms with van der Waals surface area (Å²) in [6, 6.07) is 11.5. The van der Waals surface area contributed by atoms with E-state index >= 15 is 0 Å². The van der Waals surface area contributed by atoms with Crippen molar-refractivity contribution in [1.29, 1.82) is 0 Å². The number of hydrogen-bond donors (Lipinski definition) is 2. The van der Waals surface area contributed by atoms with Crippen LogP contribution in [0.5, 0.6) is 5.75 Å². The zero-order valence-electron chi connectivity index (χ0n) is 13.8. The molecule has 0 saturated heterocycles. The Labute approximate surface area is 155 Å². The normalized spacial score (nSPS) is 11.5. The van der Waals surface area contributed by atoms with Crippen LogP contribution in [0.25, 0.3) is 10.9 Å². The Morgan fingerprint density at radius 3 is 2.69 bits per heavy atom. The molecule has 26 heavy (non-hydrogen) atoms. The molecule has 0 unspecified atom stereocenters. The smallest absolute Gasteiger partial charge is 0.244 e. The number of ether oxygens (including phenoxy) is 1. The molecule has 3 N–H and O–H groups in total. The Kier molecular flexibility index (Phi) is 4.90. The van der Waals surface area contributed by atoms with E-state index in [1.54, 1.807) is 22.9 Å². The summed E-state index contributed by atoms with van der Waals surface area (Å²) in [5.74, 6) is -0.218. The first-order valence-corrected chi connectivity index (χ1v) is 9.45. The van der Waals surface area contributed by atoms with Crippen LogP contribution in [-0.4, -0.2) is 26.0 Å². The number of carbonyl (C=O) groups excluding carboxylic acids is 1. The fourth-order valence-corrected chi connectivity index (χ4v) is 3.52. The lowest BCUT2D eigenvalue weighted by atomic mass is 10.2. The fourth-order valence-electron chi connectivity index (χ4n) is 2.63.